The van der Waals surface area contributed by atoms with Gasteiger partial charge in [0.05, 0.1) is 25.9 Å². The molecule has 1 unspecified atom stereocenters. The number of alkyl halides is 3. The van der Waals surface area contributed by atoms with Crippen molar-refractivity contribution in [2.45, 2.75) is 31.5 Å². The van der Waals surface area contributed by atoms with E-state index in [2.05, 4.69) is 21.0 Å². The van der Waals surface area contributed by atoms with Gasteiger partial charge in [-0.1, -0.05) is 24.3 Å². The molecule has 212 valence electrons. The summed E-state index contributed by atoms with van der Waals surface area (Å²) in [5.41, 5.74) is -0.390. The van der Waals surface area contributed by atoms with E-state index in [-0.39, 0.29) is 28.1 Å². The van der Waals surface area contributed by atoms with E-state index >= 15 is 0 Å². The first kappa shape index (κ1) is 29.2. The fourth-order valence-corrected chi connectivity index (χ4v) is 5.20. The first-order chi connectivity index (χ1) is 19.2. The standard InChI is InChI=1S/C28H25F3N6O3S/c1-17-12-24(36(3)35-17)37-15-23(26(38)25(18(37)2)20-6-5-7-21(13-20)28(29,30)31)27(39)33-14-19-8-10-22(11-9-19)41(4,40)34-16-32/h5-13,15H,4,14H2,1-3H3,(H,33,39)(H,34,40). The normalized spacial score (nSPS) is 12.8. The van der Waals surface area contributed by atoms with Crippen molar-refractivity contribution < 1.29 is 22.2 Å². The molecule has 9 nitrogen and oxygen atoms in total. The summed E-state index contributed by atoms with van der Waals surface area (Å²) in [6.07, 6.45) is -1.69. The first-order valence-corrected chi connectivity index (χ1v) is 13.8. The molecule has 4 aromatic rings. The number of nitriles is 1. The van der Waals surface area contributed by atoms with Crippen LogP contribution in [0.2, 0.25) is 0 Å². The van der Waals surface area contributed by atoms with Crippen molar-refractivity contribution >= 4 is 21.5 Å². The summed E-state index contributed by atoms with van der Waals surface area (Å²) in [4.78, 5) is 27.2. The number of halogens is 3. The number of rotatable bonds is 7. The van der Waals surface area contributed by atoms with E-state index < -0.39 is 32.8 Å². The van der Waals surface area contributed by atoms with Gasteiger partial charge in [-0.05, 0) is 55.1 Å². The zero-order chi connectivity index (χ0) is 30.1. The lowest BCUT2D eigenvalue weighted by molar-refractivity contribution is -0.137. The quantitative estimate of drug-likeness (QED) is 0.195. The van der Waals surface area contributed by atoms with E-state index in [0.29, 0.717) is 22.8 Å². The zero-order valence-corrected chi connectivity index (χ0v) is 23.1. The van der Waals surface area contributed by atoms with E-state index in [4.69, 9.17) is 5.26 Å². The molecule has 0 aliphatic heterocycles. The molecule has 0 saturated heterocycles. The van der Waals surface area contributed by atoms with E-state index in [1.165, 1.54) is 35.1 Å². The number of nitrogens with zero attached hydrogens (tertiary/aromatic N) is 4. The maximum atomic E-state index is 13.6. The third kappa shape index (κ3) is 6.02. The van der Waals surface area contributed by atoms with Gasteiger partial charge in [0.25, 0.3) is 5.91 Å². The van der Waals surface area contributed by atoms with Gasteiger partial charge in [-0.25, -0.2) is 8.93 Å². The van der Waals surface area contributed by atoms with Gasteiger partial charge >= 0.3 is 6.18 Å². The molecule has 0 aliphatic carbocycles. The highest BCUT2D eigenvalue weighted by atomic mass is 32.2. The number of pyridine rings is 1. The highest BCUT2D eigenvalue weighted by Crippen LogP contribution is 2.32. The van der Waals surface area contributed by atoms with Crippen LogP contribution < -0.4 is 15.5 Å². The summed E-state index contributed by atoms with van der Waals surface area (Å²) in [6.45, 7) is 3.34. The number of carbonyl (C=O) groups excluding carboxylic acids is 1. The molecule has 0 bridgehead atoms. The molecule has 13 heteroatoms. The molecule has 2 aromatic carbocycles. The molecule has 1 amide bonds. The smallest absolute Gasteiger partial charge is 0.348 e. The van der Waals surface area contributed by atoms with Crippen LogP contribution in [-0.2, 0) is 29.5 Å². The van der Waals surface area contributed by atoms with Gasteiger partial charge in [-0.2, -0.15) is 23.5 Å². The van der Waals surface area contributed by atoms with Crippen LogP contribution in [0.25, 0.3) is 16.9 Å². The van der Waals surface area contributed by atoms with Crippen molar-refractivity contribution in [1.82, 2.24) is 24.4 Å². The number of amides is 1. The van der Waals surface area contributed by atoms with Crippen molar-refractivity contribution in [3.63, 3.8) is 0 Å². The largest absolute Gasteiger partial charge is 0.416 e. The second-order valence-corrected chi connectivity index (χ2v) is 11.3. The predicted molar refractivity (Wildman–Crippen MR) is 149 cm³/mol. The molecule has 0 radical (unpaired) electrons. The maximum Gasteiger partial charge on any atom is 0.416 e. The summed E-state index contributed by atoms with van der Waals surface area (Å²) < 4.78 is 58.1. The molecule has 0 saturated carbocycles. The van der Waals surface area contributed by atoms with E-state index in [1.54, 1.807) is 49.9 Å². The molecular formula is C28H25F3N6O3S. The van der Waals surface area contributed by atoms with E-state index in [9.17, 15) is 27.0 Å². The summed E-state index contributed by atoms with van der Waals surface area (Å²) in [5, 5.41) is 15.7. The van der Waals surface area contributed by atoms with Gasteiger partial charge in [0.15, 0.2) is 6.19 Å². The van der Waals surface area contributed by atoms with Gasteiger partial charge in [0.2, 0.25) is 5.43 Å². The van der Waals surface area contributed by atoms with Crippen molar-refractivity contribution in [3.05, 3.63) is 99.1 Å². The Bertz CT molecular complexity index is 1850. The summed E-state index contributed by atoms with van der Waals surface area (Å²) in [5.74, 6) is 3.26. The monoisotopic (exact) mass is 582 g/mol. The Kier molecular flexibility index (Phi) is 7.81. The van der Waals surface area contributed by atoms with Gasteiger partial charge in [-0.3, -0.25) is 14.3 Å². The van der Waals surface area contributed by atoms with E-state index in [1.807, 2.05) is 0 Å². The second kappa shape index (κ2) is 11.0. The van der Waals surface area contributed by atoms with Gasteiger partial charge in [0, 0.05) is 37.1 Å². The molecule has 0 spiro atoms. The predicted octanol–water partition coefficient (Wildman–Crippen LogP) is 3.86. The molecule has 2 aromatic heterocycles. The number of benzene rings is 2. The number of aryl methyl sites for hydroxylation is 2. The molecule has 0 aliphatic rings. The van der Waals surface area contributed by atoms with Crippen molar-refractivity contribution in [2.24, 2.45) is 7.05 Å². The molecule has 2 N–H and O–H groups in total. The lowest BCUT2D eigenvalue weighted by Gasteiger charge is -2.18. The highest BCUT2D eigenvalue weighted by Gasteiger charge is 2.31. The highest BCUT2D eigenvalue weighted by molar-refractivity contribution is 7.98. The van der Waals surface area contributed by atoms with Gasteiger partial charge in [-0.15, -0.1) is 0 Å². The first-order valence-electron chi connectivity index (χ1n) is 12.1. The number of nitrogens with one attached hydrogen (secondary N) is 2. The molecule has 41 heavy (non-hydrogen) atoms. The molecule has 0 fully saturated rings. The Hall–Kier alpha value is -4.83. The van der Waals surface area contributed by atoms with Crippen molar-refractivity contribution in [3.8, 4) is 23.1 Å². The fourth-order valence-electron chi connectivity index (χ4n) is 4.35. The summed E-state index contributed by atoms with van der Waals surface area (Å²) >= 11 is 0. The zero-order valence-electron chi connectivity index (χ0n) is 22.2. The molecule has 1 atom stereocenters. The number of hydrogen-bond donors (Lipinski definition) is 2. The lowest BCUT2D eigenvalue weighted by Crippen LogP contribution is -2.31. The van der Waals surface area contributed by atoms with Crippen molar-refractivity contribution in [1.29, 1.82) is 5.26 Å². The SMILES string of the molecule is C=S(=O)(NC#N)c1ccc(CNC(=O)c2cn(-c3cc(C)nn3C)c(C)c(-c3cccc(C(F)(F)F)c3)c2=O)cc1. The fraction of sp³-hybridized carbons (Fsp3) is 0.179. The van der Waals surface area contributed by atoms with Crippen molar-refractivity contribution in [2.75, 3.05) is 0 Å². The average Bonchev–Trinajstić information content (AvgIpc) is 3.24. The third-order valence-electron chi connectivity index (χ3n) is 6.37. The van der Waals surface area contributed by atoms with Crippen LogP contribution in [0.3, 0.4) is 0 Å². The van der Waals surface area contributed by atoms with E-state index in [0.717, 1.165) is 12.1 Å². The van der Waals surface area contributed by atoms with Crippen LogP contribution in [0.15, 0.2) is 70.5 Å². The minimum absolute atomic E-state index is 0.0137. The third-order valence-corrected chi connectivity index (χ3v) is 7.82. The summed E-state index contributed by atoms with van der Waals surface area (Å²) in [7, 11) is -1.34. The second-order valence-electron chi connectivity index (χ2n) is 9.26. The maximum absolute atomic E-state index is 13.6. The summed E-state index contributed by atoms with van der Waals surface area (Å²) in [6, 6.07) is 12.3. The van der Waals surface area contributed by atoms with Crippen LogP contribution in [0, 0.1) is 25.3 Å². The lowest BCUT2D eigenvalue weighted by atomic mass is 9.98. The van der Waals surface area contributed by atoms with Gasteiger partial charge in [0.1, 0.15) is 11.4 Å². The number of aromatic nitrogens is 3. The number of hydrogen-bond acceptors (Lipinski definition) is 5. The molecular weight excluding hydrogens is 557 g/mol. The average molecular weight is 583 g/mol. The Labute approximate surface area is 234 Å². The van der Waals surface area contributed by atoms with Crippen LogP contribution >= 0.6 is 0 Å². The Morgan fingerprint density at radius 1 is 1.15 bits per heavy atom. The molecule has 4 rings (SSSR count). The number of carbonyl (C=O) groups is 1. The van der Waals surface area contributed by atoms with Crippen LogP contribution in [0.5, 0.6) is 0 Å². The Morgan fingerprint density at radius 3 is 2.41 bits per heavy atom. The molecule has 2 heterocycles. The van der Waals surface area contributed by atoms with Crippen LogP contribution in [0.4, 0.5) is 13.2 Å². The van der Waals surface area contributed by atoms with Gasteiger partial charge < -0.3 is 9.88 Å². The van der Waals surface area contributed by atoms with Crippen LogP contribution in [-0.4, -0.2) is 30.3 Å². The minimum atomic E-state index is -4.63. The topological polar surface area (TPSA) is 122 Å². The Morgan fingerprint density at radius 2 is 1.83 bits per heavy atom. The minimum Gasteiger partial charge on any atom is -0.348 e. The Balaban J connectivity index is 1.76. The van der Waals surface area contributed by atoms with Crippen LogP contribution in [0.1, 0.15) is 32.9 Å².